The van der Waals surface area contributed by atoms with Gasteiger partial charge in [0.25, 0.3) is 5.56 Å². The summed E-state index contributed by atoms with van der Waals surface area (Å²) < 4.78 is 8.80. The predicted octanol–water partition coefficient (Wildman–Crippen LogP) is 5.73. The van der Waals surface area contributed by atoms with Crippen LogP contribution in [0.5, 0.6) is 5.88 Å². The van der Waals surface area contributed by atoms with Crippen molar-refractivity contribution in [2.24, 2.45) is 0 Å². The van der Waals surface area contributed by atoms with Crippen molar-refractivity contribution in [3.63, 3.8) is 0 Å². The standard InChI is InChI=1S/C23H22Cl2N4O2/c1-3-4-5-10-28-20(16-11-18(25)22(31-2)26-13-16)12-21(30)29-14-19(27-23(28)29)15-6-8-17(24)9-7-15/h6-9,11-14H,3-5,10H2,1-2H3. The van der Waals surface area contributed by atoms with Crippen molar-refractivity contribution < 1.29 is 4.74 Å². The lowest BCUT2D eigenvalue weighted by Crippen LogP contribution is -2.18. The van der Waals surface area contributed by atoms with Gasteiger partial charge >= 0.3 is 0 Å². The summed E-state index contributed by atoms with van der Waals surface area (Å²) in [6.07, 6.45) is 6.55. The topological polar surface area (TPSA) is 61.4 Å². The first-order chi connectivity index (χ1) is 15.0. The summed E-state index contributed by atoms with van der Waals surface area (Å²) >= 11 is 12.3. The Hall–Kier alpha value is -2.83. The van der Waals surface area contributed by atoms with Gasteiger partial charge in [0.2, 0.25) is 11.7 Å². The maximum atomic E-state index is 13.0. The maximum absolute atomic E-state index is 13.0. The third-order valence-electron chi connectivity index (χ3n) is 5.14. The van der Waals surface area contributed by atoms with E-state index >= 15 is 0 Å². The molecule has 0 atom stereocenters. The minimum Gasteiger partial charge on any atom is -0.480 e. The molecule has 3 heterocycles. The van der Waals surface area contributed by atoms with Crippen molar-refractivity contribution in [1.29, 1.82) is 0 Å². The molecule has 4 rings (SSSR count). The minimum absolute atomic E-state index is 0.170. The third-order valence-corrected chi connectivity index (χ3v) is 5.66. The van der Waals surface area contributed by atoms with E-state index in [1.54, 1.807) is 28.9 Å². The second kappa shape index (κ2) is 9.12. The highest BCUT2D eigenvalue weighted by Crippen LogP contribution is 2.29. The van der Waals surface area contributed by atoms with Gasteiger partial charge in [-0.15, -0.1) is 0 Å². The lowest BCUT2D eigenvalue weighted by molar-refractivity contribution is 0.398. The number of benzene rings is 1. The fourth-order valence-corrected chi connectivity index (χ4v) is 3.92. The van der Waals surface area contributed by atoms with Gasteiger partial charge in [-0.2, -0.15) is 0 Å². The highest BCUT2D eigenvalue weighted by atomic mass is 35.5. The molecule has 4 aromatic rings. The number of aromatic nitrogens is 4. The van der Waals surface area contributed by atoms with Gasteiger partial charge in [-0.3, -0.25) is 9.20 Å². The first kappa shape index (κ1) is 21.4. The molecule has 0 bridgehead atoms. The van der Waals surface area contributed by atoms with Crippen molar-refractivity contribution in [2.75, 3.05) is 7.11 Å². The second-order valence-corrected chi connectivity index (χ2v) is 8.09. The lowest BCUT2D eigenvalue weighted by Gasteiger charge is -2.15. The number of pyridine rings is 1. The molecule has 1 aromatic carbocycles. The van der Waals surface area contributed by atoms with Crippen molar-refractivity contribution in [2.45, 2.75) is 32.7 Å². The Morgan fingerprint density at radius 1 is 1.06 bits per heavy atom. The fourth-order valence-electron chi connectivity index (χ4n) is 3.55. The highest BCUT2D eigenvalue weighted by Gasteiger charge is 2.16. The van der Waals surface area contributed by atoms with E-state index in [9.17, 15) is 4.79 Å². The number of rotatable bonds is 7. The maximum Gasteiger partial charge on any atom is 0.259 e. The summed E-state index contributed by atoms with van der Waals surface area (Å²) in [4.78, 5) is 22.0. The van der Waals surface area contributed by atoms with Crippen LogP contribution in [0.15, 0.2) is 53.6 Å². The lowest BCUT2D eigenvalue weighted by atomic mass is 10.2. The Morgan fingerprint density at radius 2 is 1.84 bits per heavy atom. The molecule has 0 radical (unpaired) electrons. The molecule has 0 aliphatic rings. The molecule has 0 N–H and O–H groups in total. The Kier molecular flexibility index (Phi) is 6.30. The molecule has 31 heavy (non-hydrogen) atoms. The quantitative estimate of drug-likeness (QED) is 0.333. The van der Waals surface area contributed by atoms with E-state index in [1.807, 2.05) is 24.3 Å². The molecule has 0 saturated heterocycles. The van der Waals surface area contributed by atoms with Gasteiger partial charge in [0.15, 0.2) is 0 Å². The Labute approximate surface area is 190 Å². The molecule has 160 valence electrons. The first-order valence-electron chi connectivity index (χ1n) is 10.1. The van der Waals surface area contributed by atoms with Gasteiger partial charge in [0.1, 0.15) is 5.02 Å². The highest BCUT2D eigenvalue weighted by molar-refractivity contribution is 6.32. The molecule has 0 aliphatic heterocycles. The molecular formula is C23H22Cl2N4O2. The molecule has 0 unspecified atom stereocenters. The van der Waals surface area contributed by atoms with Gasteiger partial charge in [0.05, 0.1) is 18.5 Å². The number of aryl methyl sites for hydroxylation is 1. The van der Waals surface area contributed by atoms with Crippen molar-refractivity contribution in [3.05, 3.63) is 69.2 Å². The van der Waals surface area contributed by atoms with E-state index in [4.69, 9.17) is 32.9 Å². The van der Waals surface area contributed by atoms with Crippen molar-refractivity contribution in [3.8, 4) is 28.4 Å². The molecule has 0 saturated carbocycles. The molecule has 8 heteroatoms. The monoisotopic (exact) mass is 456 g/mol. The van der Waals surface area contributed by atoms with E-state index in [0.29, 0.717) is 33.9 Å². The van der Waals surface area contributed by atoms with Gasteiger partial charge in [-0.25, -0.2) is 9.97 Å². The van der Waals surface area contributed by atoms with Crippen LogP contribution in [-0.2, 0) is 6.54 Å². The summed E-state index contributed by atoms with van der Waals surface area (Å²) in [6.45, 7) is 2.87. The average Bonchev–Trinajstić information content (AvgIpc) is 3.22. The molecule has 0 aliphatic carbocycles. The van der Waals surface area contributed by atoms with Crippen LogP contribution in [0.2, 0.25) is 10.0 Å². The summed E-state index contributed by atoms with van der Waals surface area (Å²) in [5, 5.41) is 1.04. The van der Waals surface area contributed by atoms with Gasteiger partial charge in [0, 0.05) is 41.2 Å². The normalized spacial score (nSPS) is 11.2. The summed E-state index contributed by atoms with van der Waals surface area (Å²) in [5.74, 6) is 0.924. The molecule has 0 spiro atoms. The number of hydrogen-bond acceptors (Lipinski definition) is 4. The average molecular weight is 457 g/mol. The van der Waals surface area contributed by atoms with E-state index in [2.05, 4.69) is 16.5 Å². The number of unbranched alkanes of at least 4 members (excludes halogenated alkanes) is 2. The number of ether oxygens (including phenoxy) is 1. The van der Waals surface area contributed by atoms with E-state index in [1.165, 1.54) is 7.11 Å². The Morgan fingerprint density at radius 3 is 2.52 bits per heavy atom. The van der Waals surface area contributed by atoms with E-state index in [0.717, 1.165) is 36.1 Å². The number of hydrogen-bond donors (Lipinski definition) is 0. The van der Waals surface area contributed by atoms with Gasteiger partial charge < -0.3 is 9.30 Å². The number of halogens is 2. The van der Waals surface area contributed by atoms with Crippen LogP contribution in [0.3, 0.4) is 0 Å². The number of methoxy groups -OCH3 is 1. The minimum atomic E-state index is -0.170. The first-order valence-corrected chi connectivity index (χ1v) is 10.9. The molecule has 3 aromatic heterocycles. The van der Waals surface area contributed by atoms with Crippen molar-refractivity contribution in [1.82, 2.24) is 18.9 Å². The fraction of sp³-hybridized carbons (Fsp3) is 0.261. The predicted molar refractivity (Wildman–Crippen MR) is 124 cm³/mol. The third kappa shape index (κ3) is 4.31. The number of fused-ring (bicyclic) bond motifs is 1. The summed E-state index contributed by atoms with van der Waals surface area (Å²) in [7, 11) is 1.52. The van der Waals surface area contributed by atoms with Gasteiger partial charge in [-0.1, -0.05) is 55.1 Å². The van der Waals surface area contributed by atoms with E-state index < -0.39 is 0 Å². The number of nitrogens with zero attached hydrogens (tertiary/aromatic N) is 4. The van der Waals surface area contributed by atoms with Crippen LogP contribution < -0.4 is 10.3 Å². The zero-order valence-electron chi connectivity index (χ0n) is 17.3. The van der Waals surface area contributed by atoms with Crippen LogP contribution >= 0.6 is 23.2 Å². The summed E-state index contributed by atoms with van der Waals surface area (Å²) in [5.41, 5.74) is 2.89. The molecule has 0 amide bonds. The zero-order valence-corrected chi connectivity index (χ0v) is 18.8. The van der Waals surface area contributed by atoms with Gasteiger partial charge in [-0.05, 0) is 24.6 Å². The Balaban J connectivity index is 1.91. The molecule has 6 nitrogen and oxygen atoms in total. The number of imidazole rings is 1. The zero-order chi connectivity index (χ0) is 22.0. The van der Waals surface area contributed by atoms with Crippen LogP contribution in [0.4, 0.5) is 0 Å². The second-order valence-electron chi connectivity index (χ2n) is 7.24. The SMILES string of the molecule is CCCCCn1c(-c2cnc(OC)c(Cl)c2)cc(=O)n2cc(-c3ccc(Cl)cc3)nc12. The smallest absolute Gasteiger partial charge is 0.259 e. The van der Waals surface area contributed by atoms with Crippen LogP contribution in [0.1, 0.15) is 26.2 Å². The molecule has 0 fully saturated rings. The largest absolute Gasteiger partial charge is 0.480 e. The van der Waals surface area contributed by atoms with Crippen LogP contribution in [-0.4, -0.2) is 26.0 Å². The molecular weight excluding hydrogens is 435 g/mol. The van der Waals surface area contributed by atoms with Crippen LogP contribution in [0, 0.1) is 0 Å². The Bertz CT molecular complexity index is 1280. The van der Waals surface area contributed by atoms with Crippen molar-refractivity contribution >= 4 is 29.0 Å². The summed E-state index contributed by atoms with van der Waals surface area (Å²) in [6, 6.07) is 10.8. The van der Waals surface area contributed by atoms with Crippen LogP contribution in [0.25, 0.3) is 28.3 Å². The van der Waals surface area contributed by atoms with E-state index in [-0.39, 0.29) is 5.56 Å².